The first-order chi connectivity index (χ1) is 11.2. The zero-order chi connectivity index (χ0) is 15.8. The van der Waals surface area contributed by atoms with Crippen molar-refractivity contribution in [3.63, 3.8) is 0 Å². The predicted octanol–water partition coefficient (Wildman–Crippen LogP) is 1.97. The molecule has 3 aromatic rings. The largest absolute Gasteiger partial charge is 0.486 e. The van der Waals surface area contributed by atoms with E-state index in [0.29, 0.717) is 30.4 Å². The van der Waals surface area contributed by atoms with Gasteiger partial charge in [0, 0.05) is 5.56 Å². The molecule has 0 radical (unpaired) electrons. The molecule has 1 aromatic heterocycles. The van der Waals surface area contributed by atoms with Crippen LogP contribution in [0.25, 0.3) is 22.4 Å². The number of imidazole rings is 1. The highest BCUT2D eigenvalue weighted by Gasteiger charge is 2.15. The standard InChI is InChI=1S/C16H15N3O4/c20-16(19-21)10-1-3-11-12(7-10)18-15(17-11)9-2-4-13-14(8-9)23-6-5-22-13/h1-4,7-8,16,19-21H,5-6H2,(H,17,18). The van der Waals surface area contributed by atoms with Crippen LogP contribution in [0.4, 0.5) is 0 Å². The number of fused-ring (bicyclic) bond motifs is 2. The van der Waals surface area contributed by atoms with Gasteiger partial charge in [-0.2, -0.15) is 5.48 Å². The fourth-order valence-electron chi connectivity index (χ4n) is 2.60. The van der Waals surface area contributed by atoms with Gasteiger partial charge in [-0.25, -0.2) is 4.98 Å². The van der Waals surface area contributed by atoms with E-state index >= 15 is 0 Å². The van der Waals surface area contributed by atoms with Gasteiger partial charge in [-0.15, -0.1) is 0 Å². The summed E-state index contributed by atoms with van der Waals surface area (Å²) in [5.74, 6) is 2.13. The quantitative estimate of drug-likeness (QED) is 0.436. The van der Waals surface area contributed by atoms with Gasteiger partial charge in [-0.3, -0.25) is 0 Å². The molecule has 1 aliphatic rings. The van der Waals surface area contributed by atoms with Crippen molar-refractivity contribution in [2.24, 2.45) is 0 Å². The van der Waals surface area contributed by atoms with Crippen molar-refractivity contribution in [2.45, 2.75) is 6.23 Å². The number of nitrogens with one attached hydrogen (secondary N) is 2. The maximum absolute atomic E-state index is 9.62. The maximum Gasteiger partial charge on any atom is 0.162 e. The molecule has 0 aliphatic carbocycles. The summed E-state index contributed by atoms with van der Waals surface area (Å²) in [4.78, 5) is 7.75. The molecule has 0 fully saturated rings. The highest BCUT2D eigenvalue weighted by Crippen LogP contribution is 2.34. The normalized spacial score (nSPS) is 14.9. The predicted molar refractivity (Wildman–Crippen MR) is 82.4 cm³/mol. The summed E-state index contributed by atoms with van der Waals surface area (Å²) in [5, 5.41) is 18.4. The molecule has 1 unspecified atom stereocenters. The molecule has 0 amide bonds. The number of aliphatic hydroxyl groups excluding tert-OH is 1. The SMILES string of the molecule is ONC(O)c1ccc2nc(-c3ccc4c(c3)OCCO4)[nH]c2c1. The van der Waals surface area contributed by atoms with Gasteiger partial charge in [0.1, 0.15) is 19.0 Å². The summed E-state index contributed by atoms with van der Waals surface area (Å²) in [6, 6.07) is 10.9. The molecule has 4 rings (SSSR count). The summed E-state index contributed by atoms with van der Waals surface area (Å²) in [6.07, 6.45) is -1.14. The molecule has 0 saturated heterocycles. The number of H-pyrrole nitrogens is 1. The molecule has 0 saturated carbocycles. The molecule has 0 bridgehead atoms. The van der Waals surface area contributed by atoms with Crippen molar-refractivity contribution in [3.8, 4) is 22.9 Å². The molecule has 1 atom stereocenters. The highest BCUT2D eigenvalue weighted by atomic mass is 16.6. The Labute approximate surface area is 131 Å². The Hall–Kier alpha value is -2.61. The van der Waals surface area contributed by atoms with E-state index in [9.17, 15) is 5.11 Å². The zero-order valence-corrected chi connectivity index (χ0v) is 12.1. The third-order valence-corrected chi connectivity index (χ3v) is 3.76. The van der Waals surface area contributed by atoms with Gasteiger partial charge >= 0.3 is 0 Å². The van der Waals surface area contributed by atoms with E-state index in [1.54, 1.807) is 18.2 Å². The van der Waals surface area contributed by atoms with Gasteiger partial charge in [0.2, 0.25) is 0 Å². The van der Waals surface area contributed by atoms with Gasteiger partial charge in [0.15, 0.2) is 17.7 Å². The summed E-state index contributed by atoms with van der Waals surface area (Å²) in [6.45, 7) is 1.09. The summed E-state index contributed by atoms with van der Waals surface area (Å²) in [5.41, 5.74) is 4.76. The third-order valence-electron chi connectivity index (χ3n) is 3.76. The van der Waals surface area contributed by atoms with E-state index in [1.165, 1.54) is 0 Å². The third kappa shape index (κ3) is 2.50. The van der Waals surface area contributed by atoms with Crippen molar-refractivity contribution < 1.29 is 19.8 Å². The Balaban J connectivity index is 1.74. The first-order valence-electron chi connectivity index (χ1n) is 7.22. The summed E-state index contributed by atoms with van der Waals surface area (Å²) >= 11 is 0. The van der Waals surface area contributed by atoms with Gasteiger partial charge in [0.05, 0.1) is 11.0 Å². The van der Waals surface area contributed by atoms with Crippen LogP contribution < -0.4 is 15.0 Å². The minimum atomic E-state index is -1.14. The second-order valence-corrected chi connectivity index (χ2v) is 5.25. The number of ether oxygens (including phenoxy) is 2. The van der Waals surface area contributed by atoms with Gasteiger partial charge < -0.3 is 24.8 Å². The van der Waals surface area contributed by atoms with Crippen LogP contribution in [-0.2, 0) is 0 Å². The molecule has 23 heavy (non-hydrogen) atoms. The first-order valence-corrected chi connectivity index (χ1v) is 7.22. The molecule has 1 aliphatic heterocycles. The number of nitrogens with zero attached hydrogens (tertiary/aromatic N) is 1. The molecule has 2 heterocycles. The maximum atomic E-state index is 9.62. The number of benzene rings is 2. The van der Waals surface area contributed by atoms with Crippen molar-refractivity contribution >= 4 is 11.0 Å². The van der Waals surface area contributed by atoms with Crippen molar-refractivity contribution in [3.05, 3.63) is 42.0 Å². The lowest BCUT2D eigenvalue weighted by Crippen LogP contribution is -2.15. The summed E-state index contributed by atoms with van der Waals surface area (Å²) < 4.78 is 11.1. The lowest BCUT2D eigenvalue weighted by atomic mass is 10.2. The molecule has 0 spiro atoms. The Kier molecular flexibility index (Phi) is 3.38. The zero-order valence-electron chi connectivity index (χ0n) is 12.1. The minimum Gasteiger partial charge on any atom is -0.486 e. The van der Waals surface area contributed by atoms with Gasteiger partial charge in [0.25, 0.3) is 0 Å². The van der Waals surface area contributed by atoms with E-state index in [1.807, 2.05) is 23.7 Å². The number of aliphatic hydroxyl groups is 1. The Bertz CT molecular complexity index is 862. The number of aromatic amines is 1. The van der Waals surface area contributed by atoms with Crippen molar-refractivity contribution in [2.75, 3.05) is 13.2 Å². The number of rotatable bonds is 3. The van der Waals surface area contributed by atoms with Crippen molar-refractivity contribution in [1.29, 1.82) is 0 Å². The average molecular weight is 313 g/mol. The first kappa shape index (κ1) is 14.0. The molecule has 7 nitrogen and oxygen atoms in total. The minimum absolute atomic E-state index is 0.534. The Morgan fingerprint density at radius 1 is 1.09 bits per heavy atom. The molecular formula is C16H15N3O4. The number of aromatic nitrogens is 2. The Morgan fingerprint density at radius 2 is 1.91 bits per heavy atom. The highest BCUT2D eigenvalue weighted by molar-refractivity contribution is 5.80. The molecule has 7 heteroatoms. The molecule has 118 valence electrons. The van der Waals surface area contributed by atoms with Crippen LogP contribution in [0.2, 0.25) is 0 Å². The van der Waals surface area contributed by atoms with Crippen LogP contribution >= 0.6 is 0 Å². The topological polar surface area (TPSA) is 99.6 Å². The van der Waals surface area contributed by atoms with Crippen LogP contribution in [-0.4, -0.2) is 33.5 Å². The van der Waals surface area contributed by atoms with Gasteiger partial charge in [-0.1, -0.05) is 6.07 Å². The molecule has 4 N–H and O–H groups in total. The van der Waals surface area contributed by atoms with Crippen LogP contribution in [0.15, 0.2) is 36.4 Å². The fourth-order valence-corrected chi connectivity index (χ4v) is 2.60. The van der Waals surface area contributed by atoms with Gasteiger partial charge in [-0.05, 0) is 35.9 Å². The lowest BCUT2D eigenvalue weighted by molar-refractivity contribution is 0.000770. The average Bonchev–Trinajstić information content (AvgIpc) is 3.03. The monoisotopic (exact) mass is 313 g/mol. The van der Waals surface area contributed by atoms with Crippen molar-refractivity contribution in [1.82, 2.24) is 15.4 Å². The van der Waals surface area contributed by atoms with E-state index in [4.69, 9.17) is 14.7 Å². The van der Waals surface area contributed by atoms with Crippen LogP contribution in [0.1, 0.15) is 11.8 Å². The second-order valence-electron chi connectivity index (χ2n) is 5.25. The van der Waals surface area contributed by atoms with E-state index in [2.05, 4.69) is 9.97 Å². The van der Waals surface area contributed by atoms with Crippen LogP contribution in [0.3, 0.4) is 0 Å². The lowest BCUT2D eigenvalue weighted by Gasteiger charge is -2.18. The second kappa shape index (κ2) is 5.54. The molecule has 2 aromatic carbocycles. The molecular weight excluding hydrogens is 298 g/mol. The number of hydrogen-bond donors (Lipinski definition) is 4. The number of hydroxylamine groups is 1. The Morgan fingerprint density at radius 3 is 2.74 bits per heavy atom. The van der Waals surface area contributed by atoms with E-state index in [-0.39, 0.29) is 0 Å². The van der Waals surface area contributed by atoms with Crippen LogP contribution in [0, 0.1) is 0 Å². The van der Waals surface area contributed by atoms with E-state index in [0.717, 1.165) is 22.3 Å². The number of hydrogen-bond acceptors (Lipinski definition) is 6. The van der Waals surface area contributed by atoms with Crippen LogP contribution in [0.5, 0.6) is 11.5 Å². The fraction of sp³-hybridized carbons (Fsp3) is 0.188. The smallest absolute Gasteiger partial charge is 0.162 e. The summed E-state index contributed by atoms with van der Waals surface area (Å²) in [7, 11) is 0. The van der Waals surface area contributed by atoms with E-state index < -0.39 is 6.23 Å².